The molecule has 1 spiro atoms. The molecule has 1 unspecified atom stereocenters. The third kappa shape index (κ3) is 6.81. The van der Waals surface area contributed by atoms with E-state index in [0.717, 1.165) is 82.3 Å². The van der Waals surface area contributed by atoms with Crippen LogP contribution in [-0.4, -0.2) is 67.5 Å². The van der Waals surface area contributed by atoms with Crippen LogP contribution in [0.4, 0.5) is 0 Å². The van der Waals surface area contributed by atoms with Crippen LogP contribution in [0, 0.1) is 5.41 Å². The van der Waals surface area contributed by atoms with Gasteiger partial charge in [-0.15, -0.1) is 24.0 Å². The first-order chi connectivity index (χ1) is 15.7. The number of nitrogens with zero attached hydrogens (tertiary/aromatic N) is 4. The number of guanidine groups is 1. The average Bonchev–Trinajstić information content (AvgIpc) is 3.58. The number of aromatic nitrogens is 2. The fraction of sp³-hybridized carbons (Fsp3) is 0.625. The summed E-state index contributed by atoms with van der Waals surface area (Å²) in [5.74, 6) is 3.18. The molecule has 0 radical (unpaired) electrons. The van der Waals surface area contributed by atoms with E-state index in [2.05, 4.69) is 27.3 Å². The number of benzene rings is 1. The lowest BCUT2D eigenvalue weighted by atomic mass is 9.87. The zero-order valence-corrected chi connectivity index (χ0v) is 22.0. The van der Waals surface area contributed by atoms with Gasteiger partial charge >= 0.3 is 0 Å². The van der Waals surface area contributed by atoms with Crippen LogP contribution in [0.25, 0.3) is 11.4 Å². The molecule has 1 aromatic carbocycles. The van der Waals surface area contributed by atoms with Gasteiger partial charge in [-0.1, -0.05) is 11.6 Å². The van der Waals surface area contributed by atoms with Gasteiger partial charge in [-0.3, -0.25) is 4.99 Å². The molecule has 1 aromatic heterocycles. The van der Waals surface area contributed by atoms with Gasteiger partial charge in [-0.05, 0) is 56.9 Å². The van der Waals surface area contributed by atoms with Crippen LogP contribution >= 0.6 is 24.0 Å². The minimum absolute atomic E-state index is 0. The zero-order chi connectivity index (χ0) is 22.2. The Morgan fingerprint density at radius 1 is 1.21 bits per heavy atom. The van der Waals surface area contributed by atoms with Gasteiger partial charge in [0.15, 0.2) is 5.96 Å². The molecule has 2 fully saturated rings. The van der Waals surface area contributed by atoms with Crippen molar-refractivity contribution in [3.05, 3.63) is 30.2 Å². The fourth-order valence-corrected chi connectivity index (χ4v) is 4.48. The Kier molecular flexibility index (Phi) is 9.78. The number of rotatable bonds is 9. The second kappa shape index (κ2) is 12.5. The summed E-state index contributed by atoms with van der Waals surface area (Å²) in [7, 11) is 1.65. The molecule has 0 aliphatic carbocycles. The van der Waals surface area contributed by atoms with Crippen LogP contribution in [0.3, 0.4) is 0 Å². The molecule has 1 N–H and O–H groups in total. The number of hydrogen-bond acceptors (Lipinski definition) is 6. The number of aliphatic imine (C=N–C) groups is 1. The normalized spacial score (nSPS) is 20.3. The monoisotopic (exact) mass is 569 g/mol. The molecular weight excluding hydrogens is 533 g/mol. The van der Waals surface area contributed by atoms with Crippen LogP contribution in [-0.2, 0) is 11.2 Å². The van der Waals surface area contributed by atoms with Gasteiger partial charge in [0, 0.05) is 50.2 Å². The highest BCUT2D eigenvalue weighted by Gasteiger charge is 2.42. The number of nitrogens with one attached hydrogen (secondary N) is 1. The van der Waals surface area contributed by atoms with Crippen molar-refractivity contribution in [3.63, 3.8) is 0 Å². The number of aryl methyl sites for hydroxylation is 1. The number of hydrogen-bond donors (Lipinski definition) is 1. The Morgan fingerprint density at radius 3 is 2.79 bits per heavy atom. The second-order valence-corrected chi connectivity index (χ2v) is 8.76. The number of likely N-dealkylation sites (tertiary alicyclic amines) is 1. The number of unbranched alkanes of at least 4 members (excludes halogenated alkanes) is 2. The molecule has 0 amide bonds. The molecule has 2 aromatic rings. The van der Waals surface area contributed by atoms with Gasteiger partial charge in [0.1, 0.15) is 5.75 Å². The minimum atomic E-state index is 0. The maximum absolute atomic E-state index is 5.66. The summed E-state index contributed by atoms with van der Waals surface area (Å²) in [6.45, 7) is 7.80. The Balaban J connectivity index is 0.00000306. The predicted molar refractivity (Wildman–Crippen MR) is 139 cm³/mol. The summed E-state index contributed by atoms with van der Waals surface area (Å²) in [6, 6.07) is 7.68. The van der Waals surface area contributed by atoms with Crippen molar-refractivity contribution in [2.45, 2.75) is 45.4 Å². The van der Waals surface area contributed by atoms with E-state index < -0.39 is 0 Å². The lowest BCUT2D eigenvalue weighted by molar-refractivity contribution is 0.156. The Hall–Kier alpha value is -1.88. The molecule has 9 heteroatoms. The lowest BCUT2D eigenvalue weighted by Gasteiger charge is -2.25. The van der Waals surface area contributed by atoms with Crippen molar-refractivity contribution >= 4 is 29.9 Å². The third-order valence-electron chi connectivity index (χ3n) is 6.38. The van der Waals surface area contributed by atoms with Gasteiger partial charge in [0.25, 0.3) is 0 Å². The summed E-state index contributed by atoms with van der Waals surface area (Å²) >= 11 is 0. The van der Waals surface area contributed by atoms with Crippen LogP contribution in [0.5, 0.6) is 5.75 Å². The Labute approximate surface area is 213 Å². The van der Waals surface area contributed by atoms with Crippen molar-refractivity contribution in [3.8, 4) is 17.1 Å². The van der Waals surface area contributed by atoms with Crippen LogP contribution in [0.15, 0.2) is 33.8 Å². The quantitative estimate of drug-likeness (QED) is 0.210. The Morgan fingerprint density at radius 2 is 2.06 bits per heavy atom. The minimum Gasteiger partial charge on any atom is -0.497 e. The van der Waals surface area contributed by atoms with Crippen molar-refractivity contribution in [1.29, 1.82) is 0 Å². The van der Waals surface area contributed by atoms with Gasteiger partial charge in [0.05, 0.1) is 13.7 Å². The summed E-state index contributed by atoms with van der Waals surface area (Å²) in [5, 5.41) is 7.57. The molecular formula is C24H36IN5O3. The van der Waals surface area contributed by atoms with Crippen LogP contribution in [0.1, 0.15) is 44.9 Å². The topological polar surface area (TPSA) is 85.0 Å². The van der Waals surface area contributed by atoms with E-state index in [9.17, 15) is 0 Å². The summed E-state index contributed by atoms with van der Waals surface area (Å²) < 4.78 is 16.3. The maximum atomic E-state index is 5.66. The van der Waals surface area contributed by atoms with E-state index in [1.807, 2.05) is 24.3 Å². The van der Waals surface area contributed by atoms with Crippen molar-refractivity contribution in [1.82, 2.24) is 20.4 Å². The van der Waals surface area contributed by atoms with E-state index in [-0.39, 0.29) is 24.0 Å². The molecule has 0 bridgehead atoms. The highest BCUT2D eigenvalue weighted by molar-refractivity contribution is 14.0. The molecule has 1 atom stereocenters. The molecule has 8 nitrogen and oxygen atoms in total. The van der Waals surface area contributed by atoms with Gasteiger partial charge in [-0.25, -0.2) is 0 Å². The van der Waals surface area contributed by atoms with E-state index >= 15 is 0 Å². The van der Waals surface area contributed by atoms with Gasteiger partial charge < -0.3 is 24.2 Å². The maximum Gasteiger partial charge on any atom is 0.226 e. The Bertz CT molecular complexity index is 880. The highest BCUT2D eigenvalue weighted by Crippen LogP contribution is 2.38. The molecule has 3 heterocycles. The summed E-state index contributed by atoms with van der Waals surface area (Å²) in [4.78, 5) is 11.8. The molecule has 4 rings (SSSR count). The summed E-state index contributed by atoms with van der Waals surface area (Å²) in [6.07, 6.45) is 6.33. The molecule has 2 aliphatic heterocycles. The van der Waals surface area contributed by atoms with E-state index in [4.69, 9.17) is 19.0 Å². The van der Waals surface area contributed by atoms with Crippen LogP contribution in [0.2, 0.25) is 0 Å². The smallest absolute Gasteiger partial charge is 0.226 e. The third-order valence-corrected chi connectivity index (χ3v) is 6.38. The first kappa shape index (κ1) is 25.7. The molecule has 33 heavy (non-hydrogen) atoms. The number of ether oxygens (including phenoxy) is 2. The van der Waals surface area contributed by atoms with E-state index in [1.165, 1.54) is 12.8 Å². The average molecular weight is 569 g/mol. The zero-order valence-electron chi connectivity index (χ0n) is 19.7. The fourth-order valence-electron chi connectivity index (χ4n) is 4.48. The number of methoxy groups -OCH3 is 1. The summed E-state index contributed by atoms with van der Waals surface area (Å²) in [5.41, 5.74) is 1.28. The molecule has 182 valence electrons. The van der Waals surface area contributed by atoms with E-state index in [1.54, 1.807) is 7.11 Å². The van der Waals surface area contributed by atoms with Crippen LogP contribution < -0.4 is 10.1 Å². The SMILES string of the molecule is CCNC(=NCCCCCc1nc(-c2ccc(OC)cc2)no1)N1CCC2(CCOC2)C1.I. The second-order valence-electron chi connectivity index (χ2n) is 8.76. The lowest BCUT2D eigenvalue weighted by Crippen LogP contribution is -2.41. The van der Waals surface area contributed by atoms with Crippen molar-refractivity contribution < 1.29 is 14.0 Å². The number of halogens is 1. The standard InChI is InChI=1S/C24H35N5O3.HI/c1-3-25-23(29-15-12-24(17-29)13-16-31-18-24)26-14-6-4-5-7-21-27-22(28-32-21)19-8-10-20(30-2)11-9-19;/h8-11H,3-7,12-18H2,1-2H3,(H,25,26);1H. The van der Waals surface area contributed by atoms with Gasteiger partial charge in [-0.2, -0.15) is 4.98 Å². The highest BCUT2D eigenvalue weighted by atomic mass is 127. The molecule has 0 saturated carbocycles. The van der Waals surface area contributed by atoms with Gasteiger partial charge in [0.2, 0.25) is 11.7 Å². The first-order valence-corrected chi connectivity index (χ1v) is 11.8. The molecule has 2 aliphatic rings. The first-order valence-electron chi connectivity index (χ1n) is 11.8. The van der Waals surface area contributed by atoms with Crippen molar-refractivity contribution in [2.24, 2.45) is 10.4 Å². The largest absolute Gasteiger partial charge is 0.497 e. The van der Waals surface area contributed by atoms with E-state index in [0.29, 0.717) is 17.1 Å². The van der Waals surface area contributed by atoms with Crippen molar-refractivity contribution in [2.75, 3.05) is 46.5 Å². The molecule has 2 saturated heterocycles. The predicted octanol–water partition coefficient (Wildman–Crippen LogP) is 4.15.